The van der Waals surface area contributed by atoms with Crippen molar-refractivity contribution < 1.29 is 4.74 Å². The van der Waals surface area contributed by atoms with Gasteiger partial charge in [-0.05, 0) is 36.9 Å². The maximum absolute atomic E-state index is 5.08. The van der Waals surface area contributed by atoms with Gasteiger partial charge in [0.1, 0.15) is 0 Å². The van der Waals surface area contributed by atoms with E-state index >= 15 is 0 Å². The van der Waals surface area contributed by atoms with E-state index in [2.05, 4.69) is 36.2 Å². The molecule has 0 aliphatic heterocycles. The predicted octanol–water partition coefficient (Wildman–Crippen LogP) is 3.23. The first-order valence-corrected chi connectivity index (χ1v) is 7.29. The third kappa shape index (κ3) is 4.07. The molecule has 1 N–H and O–H groups in total. The van der Waals surface area contributed by atoms with Crippen LogP contribution in [0, 0.1) is 0 Å². The summed E-state index contributed by atoms with van der Waals surface area (Å²) in [5, 5.41) is 3.65. The predicted molar refractivity (Wildman–Crippen MR) is 78.8 cm³/mol. The monoisotopic (exact) mass is 340 g/mol. The highest BCUT2D eigenvalue weighted by molar-refractivity contribution is 9.10. The van der Waals surface area contributed by atoms with Crippen LogP contribution in [0.25, 0.3) is 0 Å². The van der Waals surface area contributed by atoms with E-state index < -0.39 is 0 Å². The van der Waals surface area contributed by atoms with Crippen LogP contribution in [0.15, 0.2) is 38.8 Å². The lowest BCUT2D eigenvalue weighted by molar-refractivity contribution is 0.373. The number of hydrogen-bond donors (Lipinski definition) is 1. The summed E-state index contributed by atoms with van der Waals surface area (Å²) >= 11 is 4.90. The Bertz CT molecular complexity index is 567. The van der Waals surface area contributed by atoms with Crippen molar-refractivity contribution in [3.8, 4) is 6.01 Å². The highest BCUT2D eigenvalue weighted by atomic mass is 79.9. The van der Waals surface area contributed by atoms with Gasteiger partial charge in [0.15, 0.2) is 0 Å². The Hall–Kier alpha value is -1.34. The van der Waals surface area contributed by atoms with Gasteiger partial charge in [0.05, 0.1) is 7.11 Å². The van der Waals surface area contributed by atoms with Crippen molar-refractivity contribution in [3.63, 3.8) is 0 Å². The van der Waals surface area contributed by atoms with Gasteiger partial charge < -0.3 is 10.1 Å². The van der Waals surface area contributed by atoms with Crippen molar-refractivity contribution in [2.75, 3.05) is 19.0 Å². The van der Waals surface area contributed by atoms with Crippen LogP contribution >= 0.6 is 27.7 Å². The molecular weight excluding hydrogens is 328 g/mol. The van der Waals surface area contributed by atoms with Crippen molar-refractivity contribution in [1.82, 2.24) is 15.0 Å². The van der Waals surface area contributed by atoms with Crippen LogP contribution in [-0.2, 0) is 0 Å². The first kappa shape index (κ1) is 14.1. The molecule has 2 rings (SSSR count). The molecule has 0 bridgehead atoms. The fourth-order valence-corrected chi connectivity index (χ4v) is 2.70. The van der Waals surface area contributed by atoms with Gasteiger partial charge >= 0.3 is 6.01 Å². The zero-order chi connectivity index (χ0) is 13.7. The lowest BCUT2D eigenvalue weighted by Gasteiger charge is -2.06. The van der Waals surface area contributed by atoms with E-state index in [1.54, 1.807) is 7.11 Å². The van der Waals surface area contributed by atoms with Crippen LogP contribution in [0.2, 0.25) is 0 Å². The molecule has 0 saturated heterocycles. The third-order valence-corrected chi connectivity index (χ3v) is 3.47. The number of methoxy groups -OCH3 is 1. The molecule has 0 saturated carbocycles. The van der Waals surface area contributed by atoms with Gasteiger partial charge in [0.2, 0.25) is 11.1 Å². The van der Waals surface area contributed by atoms with E-state index in [9.17, 15) is 0 Å². The molecule has 2 aromatic rings. The topological polar surface area (TPSA) is 59.9 Å². The van der Waals surface area contributed by atoms with Gasteiger partial charge in [-0.15, -0.1) is 0 Å². The minimum absolute atomic E-state index is 0.309. The second kappa shape index (κ2) is 6.72. The van der Waals surface area contributed by atoms with E-state index in [-0.39, 0.29) is 0 Å². The van der Waals surface area contributed by atoms with Gasteiger partial charge in [-0.25, -0.2) is 0 Å². The van der Waals surface area contributed by atoms with Crippen molar-refractivity contribution >= 4 is 33.6 Å². The summed E-state index contributed by atoms with van der Waals surface area (Å²) in [5.41, 5.74) is 0. The molecule has 0 aliphatic carbocycles. The molecule has 1 aromatic carbocycles. The number of hydrogen-bond acceptors (Lipinski definition) is 6. The van der Waals surface area contributed by atoms with Gasteiger partial charge in [-0.1, -0.05) is 22.0 Å². The van der Waals surface area contributed by atoms with Crippen LogP contribution < -0.4 is 10.1 Å². The van der Waals surface area contributed by atoms with E-state index in [4.69, 9.17) is 4.74 Å². The first-order valence-electron chi connectivity index (χ1n) is 5.68. The molecule has 7 heteroatoms. The average molecular weight is 341 g/mol. The molecule has 0 radical (unpaired) electrons. The Morgan fingerprint density at radius 2 is 2.16 bits per heavy atom. The highest BCUT2D eigenvalue weighted by Gasteiger charge is 2.08. The third-order valence-electron chi connectivity index (χ3n) is 2.12. The summed E-state index contributed by atoms with van der Waals surface area (Å²) in [4.78, 5) is 13.7. The van der Waals surface area contributed by atoms with Crippen LogP contribution in [0.3, 0.4) is 0 Å². The molecule has 1 aromatic heterocycles. The van der Waals surface area contributed by atoms with Gasteiger partial charge in [0, 0.05) is 15.9 Å². The maximum atomic E-state index is 5.08. The average Bonchev–Trinajstić information content (AvgIpc) is 2.39. The molecule has 0 unspecified atom stereocenters. The lowest BCUT2D eigenvalue weighted by atomic mass is 10.4. The number of benzene rings is 1. The molecule has 0 atom stereocenters. The van der Waals surface area contributed by atoms with E-state index in [0.717, 1.165) is 15.9 Å². The molecule has 0 fully saturated rings. The highest BCUT2D eigenvalue weighted by Crippen LogP contribution is 2.28. The molecule has 100 valence electrons. The second-order valence-corrected chi connectivity index (χ2v) is 5.47. The summed E-state index contributed by atoms with van der Waals surface area (Å²) in [6.45, 7) is 2.73. The Morgan fingerprint density at radius 3 is 2.84 bits per heavy atom. The molecule has 0 aliphatic rings. The Balaban J connectivity index is 2.26. The van der Waals surface area contributed by atoms with Crippen molar-refractivity contribution in [3.05, 3.63) is 28.7 Å². The number of ether oxygens (including phenoxy) is 1. The lowest BCUT2D eigenvalue weighted by Crippen LogP contribution is -2.05. The van der Waals surface area contributed by atoms with Gasteiger partial charge in [-0.2, -0.15) is 15.0 Å². The summed E-state index contributed by atoms with van der Waals surface area (Å²) < 4.78 is 6.10. The van der Waals surface area contributed by atoms with Crippen LogP contribution in [-0.4, -0.2) is 28.6 Å². The van der Waals surface area contributed by atoms with Crippen LogP contribution in [0.5, 0.6) is 6.01 Å². The molecule has 0 amide bonds. The van der Waals surface area contributed by atoms with Gasteiger partial charge in [-0.3, -0.25) is 0 Å². The number of aromatic nitrogens is 3. The van der Waals surface area contributed by atoms with Crippen LogP contribution in [0.4, 0.5) is 5.95 Å². The quantitative estimate of drug-likeness (QED) is 0.901. The number of anilines is 1. The number of rotatable bonds is 5. The van der Waals surface area contributed by atoms with Crippen molar-refractivity contribution in [1.29, 1.82) is 0 Å². The minimum Gasteiger partial charge on any atom is -0.467 e. The normalized spacial score (nSPS) is 10.3. The molecule has 1 heterocycles. The van der Waals surface area contributed by atoms with E-state index in [1.165, 1.54) is 11.8 Å². The maximum Gasteiger partial charge on any atom is 0.321 e. The standard InChI is InChI=1S/C12H13BrN4OS/c1-3-14-10-15-11(18-2)17-12(16-10)19-9-6-4-5-8(13)7-9/h4-7H,3H2,1-2H3,(H,14,15,16,17). The smallest absolute Gasteiger partial charge is 0.321 e. The fourth-order valence-electron chi connectivity index (χ4n) is 1.35. The fraction of sp³-hybridized carbons (Fsp3) is 0.250. The summed E-state index contributed by atoms with van der Waals surface area (Å²) in [5.74, 6) is 0.520. The zero-order valence-corrected chi connectivity index (χ0v) is 13.0. The van der Waals surface area contributed by atoms with Crippen molar-refractivity contribution in [2.45, 2.75) is 17.0 Å². The van der Waals surface area contributed by atoms with E-state index in [0.29, 0.717) is 17.1 Å². The summed E-state index contributed by atoms with van der Waals surface area (Å²) in [6, 6.07) is 8.26. The second-order valence-electron chi connectivity index (χ2n) is 3.52. The Labute approximate surface area is 124 Å². The molecule has 5 nitrogen and oxygen atoms in total. The van der Waals surface area contributed by atoms with Crippen LogP contribution in [0.1, 0.15) is 6.92 Å². The molecule has 19 heavy (non-hydrogen) atoms. The zero-order valence-electron chi connectivity index (χ0n) is 10.6. The Kier molecular flexibility index (Phi) is 4.98. The largest absolute Gasteiger partial charge is 0.467 e. The van der Waals surface area contributed by atoms with E-state index in [1.807, 2.05) is 31.2 Å². The number of halogens is 1. The minimum atomic E-state index is 0.309. The first-order chi connectivity index (χ1) is 9.21. The number of nitrogens with zero attached hydrogens (tertiary/aromatic N) is 3. The molecular formula is C12H13BrN4OS. The summed E-state index contributed by atoms with van der Waals surface area (Å²) in [7, 11) is 1.54. The number of nitrogens with one attached hydrogen (secondary N) is 1. The SMILES string of the molecule is CCNc1nc(OC)nc(Sc2cccc(Br)c2)n1. The summed E-state index contributed by atoms with van der Waals surface area (Å²) in [6.07, 6.45) is 0. The van der Waals surface area contributed by atoms with Crippen molar-refractivity contribution in [2.24, 2.45) is 0 Å². The van der Waals surface area contributed by atoms with Gasteiger partial charge in [0.25, 0.3) is 0 Å². The Morgan fingerprint density at radius 1 is 1.32 bits per heavy atom. The molecule has 0 spiro atoms.